The fraction of sp³-hybridized carbons (Fsp3) is 0. The zero-order chi connectivity index (χ0) is 18.5. The zero-order valence-electron chi connectivity index (χ0n) is 14.2. The van der Waals surface area contributed by atoms with Crippen LogP contribution < -0.4 is 4.90 Å². The topological polar surface area (TPSA) is 84.8 Å². The first-order valence-corrected chi connectivity index (χ1v) is 8.22. The van der Waals surface area contributed by atoms with Gasteiger partial charge in [0.15, 0.2) is 17.3 Å². The molecule has 0 saturated heterocycles. The summed E-state index contributed by atoms with van der Waals surface area (Å²) in [5, 5.41) is 0. The van der Waals surface area contributed by atoms with Gasteiger partial charge < -0.3 is 0 Å². The number of pyridine rings is 1. The van der Waals surface area contributed by atoms with E-state index >= 15 is 0 Å². The van der Waals surface area contributed by atoms with Crippen LogP contribution in [-0.4, -0.2) is 30.7 Å². The predicted molar refractivity (Wildman–Crippen MR) is 100.0 cm³/mol. The molecule has 0 saturated carbocycles. The molecule has 0 fully saturated rings. The molecule has 0 radical (unpaired) electrons. The quantitative estimate of drug-likeness (QED) is 0.508. The first-order valence-electron chi connectivity index (χ1n) is 8.22. The molecule has 0 spiro atoms. The highest BCUT2D eigenvalue weighted by Gasteiger charge is 2.24. The third-order valence-electron chi connectivity index (χ3n) is 3.80. The zero-order valence-corrected chi connectivity index (χ0v) is 14.2. The fourth-order valence-corrected chi connectivity index (χ4v) is 2.61. The third-order valence-corrected chi connectivity index (χ3v) is 3.80. The van der Waals surface area contributed by atoms with E-state index in [1.807, 2.05) is 30.3 Å². The highest BCUT2D eigenvalue weighted by Crippen LogP contribution is 2.31. The maximum atomic E-state index is 13.0. The van der Waals surface area contributed by atoms with Crippen molar-refractivity contribution in [3.8, 4) is 0 Å². The Morgan fingerprint density at radius 2 is 1.44 bits per heavy atom. The monoisotopic (exact) mass is 354 g/mol. The van der Waals surface area contributed by atoms with Gasteiger partial charge in [-0.2, -0.15) is 0 Å². The molecule has 0 N–H and O–H groups in total. The molecular weight excluding hydrogens is 340 g/mol. The van der Waals surface area contributed by atoms with Gasteiger partial charge in [0, 0.05) is 36.5 Å². The number of carbonyl (C=O) groups excluding carboxylic acids is 1. The molecule has 3 heterocycles. The lowest BCUT2D eigenvalue weighted by molar-refractivity contribution is 0.103. The fourth-order valence-electron chi connectivity index (χ4n) is 2.61. The van der Waals surface area contributed by atoms with E-state index in [1.165, 1.54) is 12.4 Å². The predicted octanol–water partition coefficient (Wildman–Crippen LogP) is 3.36. The van der Waals surface area contributed by atoms with E-state index in [9.17, 15) is 4.79 Å². The van der Waals surface area contributed by atoms with Gasteiger partial charge in [-0.25, -0.2) is 19.9 Å². The number of nitrogens with zero attached hydrogens (tertiary/aromatic N) is 6. The van der Waals surface area contributed by atoms with Gasteiger partial charge in [-0.05, 0) is 12.1 Å². The Kier molecular flexibility index (Phi) is 4.57. The summed E-state index contributed by atoms with van der Waals surface area (Å²) in [4.78, 5) is 36.3. The number of aromatic nitrogens is 5. The van der Waals surface area contributed by atoms with E-state index in [1.54, 1.807) is 47.9 Å². The third kappa shape index (κ3) is 3.38. The lowest BCUT2D eigenvalue weighted by Gasteiger charge is -2.22. The van der Waals surface area contributed by atoms with E-state index < -0.39 is 0 Å². The summed E-state index contributed by atoms with van der Waals surface area (Å²) in [5.41, 5.74) is 0.736. The lowest BCUT2D eigenvalue weighted by Crippen LogP contribution is -2.19. The van der Waals surface area contributed by atoms with Gasteiger partial charge >= 0.3 is 0 Å². The highest BCUT2D eigenvalue weighted by molar-refractivity contribution is 6.11. The summed E-state index contributed by atoms with van der Waals surface area (Å²) in [7, 11) is 0. The van der Waals surface area contributed by atoms with Crippen molar-refractivity contribution in [2.45, 2.75) is 0 Å². The minimum absolute atomic E-state index is 0.208. The Morgan fingerprint density at radius 3 is 2.19 bits per heavy atom. The number of rotatable bonds is 5. The minimum Gasteiger partial charge on any atom is -0.287 e. The summed E-state index contributed by atoms with van der Waals surface area (Å²) in [6.07, 6.45) is 9.41. The van der Waals surface area contributed by atoms with Crippen LogP contribution in [0.4, 0.5) is 17.5 Å². The molecule has 1 aromatic carbocycles. The molecule has 7 heteroatoms. The van der Waals surface area contributed by atoms with Crippen molar-refractivity contribution in [3.05, 3.63) is 97.0 Å². The van der Waals surface area contributed by atoms with Gasteiger partial charge in [0.05, 0.1) is 6.20 Å². The summed E-state index contributed by atoms with van der Waals surface area (Å²) in [6, 6.07) is 14.4. The molecule has 7 nitrogen and oxygen atoms in total. The van der Waals surface area contributed by atoms with E-state index in [0.29, 0.717) is 23.0 Å². The Labute approximate surface area is 155 Å². The molecule has 0 aliphatic carbocycles. The molecular formula is C20H14N6O. The molecule has 27 heavy (non-hydrogen) atoms. The van der Waals surface area contributed by atoms with E-state index in [2.05, 4.69) is 24.9 Å². The van der Waals surface area contributed by atoms with Crippen LogP contribution in [0.5, 0.6) is 0 Å². The summed E-state index contributed by atoms with van der Waals surface area (Å²) in [5.74, 6) is 1.15. The van der Waals surface area contributed by atoms with E-state index in [-0.39, 0.29) is 11.5 Å². The number of anilines is 3. The van der Waals surface area contributed by atoms with Gasteiger partial charge in [-0.1, -0.05) is 36.4 Å². The van der Waals surface area contributed by atoms with Crippen molar-refractivity contribution in [2.24, 2.45) is 0 Å². The van der Waals surface area contributed by atoms with Gasteiger partial charge in [-0.15, -0.1) is 0 Å². The van der Waals surface area contributed by atoms with Crippen LogP contribution in [0, 0.1) is 0 Å². The molecule has 0 unspecified atom stereocenters. The van der Waals surface area contributed by atoms with E-state index in [4.69, 9.17) is 0 Å². The highest BCUT2D eigenvalue weighted by atomic mass is 16.1. The van der Waals surface area contributed by atoms with Crippen LogP contribution in [0.3, 0.4) is 0 Å². The Hall–Kier alpha value is -4.00. The van der Waals surface area contributed by atoms with Gasteiger partial charge in [0.25, 0.3) is 0 Å². The second kappa shape index (κ2) is 7.49. The average molecular weight is 354 g/mol. The van der Waals surface area contributed by atoms with Gasteiger partial charge in [0.1, 0.15) is 5.82 Å². The van der Waals surface area contributed by atoms with Crippen molar-refractivity contribution in [3.63, 3.8) is 0 Å². The molecule has 4 aromatic rings. The summed E-state index contributed by atoms with van der Waals surface area (Å²) >= 11 is 0. The molecule has 0 aliphatic heterocycles. The van der Waals surface area contributed by atoms with Gasteiger partial charge in [-0.3, -0.25) is 14.7 Å². The van der Waals surface area contributed by atoms with Crippen LogP contribution in [0.15, 0.2) is 85.7 Å². The minimum atomic E-state index is -0.233. The van der Waals surface area contributed by atoms with Gasteiger partial charge in [0.2, 0.25) is 5.78 Å². The lowest BCUT2D eigenvalue weighted by atomic mass is 10.1. The second-order valence-electron chi connectivity index (χ2n) is 5.51. The number of ketones is 1. The molecule has 0 atom stereocenters. The van der Waals surface area contributed by atoms with Crippen molar-refractivity contribution in [1.82, 2.24) is 24.9 Å². The average Bonchev–Trinajstić information content (AvgIpc) is 2.76. The van der Waals surface area contributed by atoms with Crippen LogP contribution in [0.2, 0.25) is 0 Å². The van der Waals surface area contributed by atoms with Crippen LogP contribution in [-0.2, 0) is 0 Å². The standard InChI is InChI=1S/C20H14N6O/c27-19(15-6-2-1-3-7-15)18-20(25-13-12-24-18)26(16-8-4-5-9-22-16)17-14-21-10-11-23-17/h1-14H. The number of benzene rings is 1. The number of hydrogen-bond donors (Lipinski definition) is 0. The normalized spacial score (nSPS) is 10.4. The number of carbonyl (C=O) groups is 1. The van der Waals surface area contributed by atoms with E-state index in [0.717, 1.165) is 0 Å². The first-order chi connectivity index (χ1) is 13.3. The van der Waals surface area contributed by atoms with Crippen LogP contribution in [0.1, 0.15) is 16.1 Å². The molecule has 0 aliphatic rings. The first kappa shape index (κ1) is 16.5. The smallest absolute Gasteiger partial charge is 0.215 e. The van der Waals surface area contributed by atoms with Crippen LogP contribution in [0.25, 0.3) is 0 Å². The molecule has 0 amide bonds. The maximum Gasteiger partial charge on any atom is 0.215 e. The largest absolute Gasteiger partial charge is 0.287 e. The molecule has 0 bridgehead atoms. The Bertz CT molecular complexity index is 1000. The maximum absolute atomic E-state index is 13.0. The SMILES string of the molecule is O=C(c1ccccc1)c1nccnc1N(c1ccccn1)c1cnccn1. The summed E-state index contributed by atoms with van der Waals surface area (Å²) in [6.45, 7) is 0. The van der Waals surface area contributed by atoms with Crippen molar-refractivity contribution < 1.29 is 4.79 Å². The number of hydrogen-bond acceptors (Lipinski definition) is 7. The van der Waals surface area contributed by atoms with Crippen molar-refractivity contribution >= 4 is 23.2 Å². The molecule has 130 valence electrons. The second-order valence-corrected chi connectivity index (χ2v) is 5.51. The van der Waals surface area contributed by atoms with Crippen LogP contribution >= 0.6 is 0 Å². The van der Waals surface area contributed by atoms with Crippen molar-refractivity contribution in [2.75, 3.05) is 4.90 Å². The van der Waals surface area contributed by atoms with Crippen molar-refractivity contribution in [1.29, 1.82) is 0 Å². The Morgan fingerprint density at radius 1 is 0.704 bits per heavy atom. The molecule has 3 aromatic heterocycles. The summed E-state index contributed by atoms with van der Waals surface area (Å²) < 4.78 is 0. The molecule has 4 rings (SSSR count). The Balaban J connectivity index is 1.88.